The second-order valence-corrected chi connectivity index (χ2v) is 6.87. The second-order valence-electron chi connectivity index (χ2n) is 6.06. The average molecular weight is 385 g/mol. The maximum atomic E-state index is 6.31. The number of imidazole rings is 1. The number of aryl methyl sites for hydroxylation is 1. The molecule has 2 aromatic heterocycles. The van der Waals surface area contributed by atoms with Crippen molar-refractivity contribution in [3.05, 3.63) is 70.0 Å². The van der Waals surface area contributed by atoms with E-state index in [1.54, 1.807) is 6.33 Å². The van der Waals surface area contributed by atoms with E-state index in [2.05, 4.69) is 9.97 Å². The molecule has 26 heavy (non-hydrogen) atoms. The van der Waals surface area contributed by atoms with Gasteiger partial charge in [0.2, 0.25) is 18.0 Å². The topological polar surface area (TPSA) is 71.5 Å². The Balaban J connectivity index is 1.87. The highest BCUT2D eigenvalue weighted by Gasteiger charge is 2.21. The Morgan fingerprint density at radius 3 is 2.54 bits per heavy atom. The molecule has 7 heteroatoms. The van der Waals surface area contributed by atoms with Crippen LogP contribution in [0.4, 0.5) is 5.82 Å². The third kappa shape index (κ3) is 2.89. The lowest BCUT2D eigenvalue weighted by Crippen LogP contribution is -2.36. The van der Waals surface area contributed by atoms with Gasteiger partial charge in [-0.2, -0.15) is 0 Å². The lowest BCUT2D eigenvalue weighted by atomic mass is 10.1. The highest BCUT2D eigenvalue weighted by Crippen LogP contribution is 2.26. The number of anilines is 1. The predicted molar refractivity (Wildman–Crippen MR) is 104 cm³/mol. The first-order valence-electron chi connectivity index (χ1n) is 8.07. The van der Waals surface area contributed by atoms with E-state index in [1.807, 2.05) is 54.0 Å². The number of rotatable bonds is 3. The Hall–Kier alpha value is -2.63. The Labute approximate surface area is 160 Å². The summed E-state index contributed by atoms with van der Waals surface area (Å²) in [6, 6.07) is 13.5. The van der Waals surface area contributed by atoms with Gasteiger partial charge in [-0.1, -0.05) is 57.4 Å². The van der Waals surface area contributed by atoms with Crippen LogP contribution in [0, 0.1) is 6.92 Å². The van der Waals surface area contributed by atoms with E-state index in [0.29, 0.717) is 33.6 Å². The van der Waals surface area contributed by atoms with Crippen molar-refractivity contribution >= 4 is 40.2 Å². The molecule has 0 atom stereocenters. The van der Waals surface area contributed by atoms with Gasteiger partial charge >= 0.3 is 0 Å². The van der Waals surface area contributed by atoms with Crippen LogP contribution in [0.25, 0.3) is 22.6 Å². The SMILES string of the molecule is Cc1ccccc1-c1nc2c([nH]1)c(N)nc[n+]2Cc1c(Cl)cccc1Cl. The van der Waals surface area contributed by atoms with E-state index in [1.165, 1.54) is 0 Å². The van der Waals surface area contributed by atoms with Crippen molar-refractivity contribution in [3.8, 4) is 11.4 Å². The summed E-state index contributed by atoms with van der Waals surface area (Å²) in [5, 5.41) is 1.20. The van der Waals surface area contributed by atoms with Crippen LogP contribution in [0.5, 0.6) is 0 Å². The zero-order valence-corrected chi connectivity index (χ0v) is 15.5. The van der Waals surface area contributed by atoms with Crippen molar-refractivity contribution in [2.75, 3.05) is 5.73 Å². The van der Waals surface area contributed by atoms with E-state index in [9.17, 15) is 0 Å². The molecule has 0 unspecified atom stereocenters. The molecule has 2 heterocycles. The standard InChI is InChI=1S/C19H15Cl2N5/c1-11-5-2-3-6-12(11)18-24-16-17(22)23-10-26(19(16)25-18)9-13-14(20)7-4-8-15(13)21/h2-8,10H,9H2,1H3,(H2,22,24,25)/p+1. The third-order valence-corrected chi connectivity index (χ3v) is 5.05. The zero-order chi connectivity index (χ0) is 18.3. The molecule has 0 saturated heterocycles. The number of halogens is 2. The normalized spacial score (nSPS) is 11.2. The maximum absolute atomic E-state index is 6.31. The third-order valence-electron chi connectivity index (χ3n) is 4.34. The Morgan fingerprint density at radius 2 is 1.81 bits per heavy atom. The summed E-state index contributed by atoms with van der Waals surface area (Å²) in [5.41, 5.74) is 10.4. The van der Waals surface area contributed by atoms with Crippen LogP contribution in [-0.4, -0.2) is 15.0 Å². The lowest BCUT2D eigenvalue weighted by molar-refractivity contribution is -0.666. The van der Waals surface area contributed by atoms with Crippen LogP contribution in [-0.2, 0) is 6.54 Å². The molecule has 4 aromatic rings. The number of aromatic nitrogens is 4. The number of fused-ring (bicyclic) bond motifs is 1. The minimum Gasteiger partial charge on any atom is -0.368 e. The van der Waals surface area contributed by atoms with E-state index in [0.717, 1.165) is 22.5 Å². The van der Waals surface area contributed by atoms with E-state index in [-0.39, 0.29) is 0 Å². The smallest absolute Gasteiger partial charge is 0.294 e. The molecule has 4 rings (SSSR count). The molecule has 130 valence electrons. The molecule has 0 saturated carbocycles. The number of hydrogen-bond acceptors (Lipinski definition) is 3. The van der Waals surface area contributed by atoms with Crippen molar-refractivity contribution in [2.24, 2.45) is 0 Å². The van der Waals surface area contributed by atoms with Gasteiger partial charge in [-0.15, -0.1) is 0 Å². The number of nitrogens with two attached hydrogens (primary N) is 1. The quantitative estimate of drug-likeness (QED) is 0.521. The molecule has 2 aromatic carbocycles. The molecule has 3 N–H and O–H groups in total. The summed E-state index contributed by atoms with van der Waals surface area (Å²) in [7, 11) is 0. The number of nitrogens with zero attached hydrogens (tertiary/aromatic N) is 3. The van der Waals surface area contributed by atoms with Gasteiger partial charge in [0.25, 0.3) is 5.65 Å². The van der Waals surface area contributed by atoms with Gasteiger partial charge in [0.05, 0.1) is 6.54 Å². The fourth-order valence-corrected chi connectivity index (χ4v) is 3.45. The molecule has 0 spiro atoms. The Morgan fingerprint density at radius 1 is 1.08 bits per heavy atom. The fourth-order valence-electron chi connectivity index (χ4n) is 2.94. The predicted octanol–water partition coefficient (Wildman–Crippen LogP) is 4.16. The fraction of sp³-hybridized carbons (Fsp3) is 0.105. The number of H-pyrrole nitrogens is 1. The average Bonchev–Trinajstić information content (AvgIpc) is 3.07. The number of aromatic amines is 1. The van der Waals surface area contributed by atoms with Gasteiger partial charge in [0, 0.05) is 21.2 Å². The summed E-state index contributed by atoms with van der Waals surface area (Å²) in [6.07, 6.45) is 1.65. The summed E-state index contributed by atoms with van der Waals surface area (Å²) in [6.45, 7) is 2.49. The minimum atomic E-state index is 0.397. The van der Waals surface area contributed by atoms with Gasteiger partial charge < -0.3 is 10.7 Å². The summed E-state index contributed by atoms with van der Waals surface area (Å²) in [4.78, 5) is 12.3. The van der Waals surface area contributed by atoms with Crippen molar-refractivity contribution in [1.82, 2.24) is 15.0 Å². The Bertz CT molecular complexity index is 1100. The van der Waals surface area contributed by atoms with Crippen molar-refractivity contribution in [1.29, 1.82) is 0 Å². The first kappa shape index (κ1) is 16.8. The lowest BCUT2D eigenvalue weighted by Gasteiger charge is -2.06. The second kappa shape index (κ2) is 6.59. The first-order chi connectivity index (χ1) is 12.5. The molecule has 0 bridgehead atoms. The van der Waals surface area contributed by atoms with Crippen LogP contribution < -0.4 is 10.3 Å². The highest BCUT2D eigenvalue weighted by atomic mass is 35.5. The van der Waals surface area contributed by atoms with E-state index in [4.69, 9.17) is 33.9 Å². The number of nitrogens with one attached hydrogen (secondary N) is 1. The molecule has 0 fully saturated rings. The molecule has 0 aliphatic heterocycles. The van der Waals surface area contributed by atoms with Gasteiger partial charge in [0.1, 0.15) is 0 Å². The molecule has 0 aliphatic rings. The van der Waals surface area contributed by atoms with Crippen LogP contribution >= 0.6 is 23.2 Å². The first-order valence-corrected chi connectivity index (χ1v) is 8.82. The number of nitrogen functional groups attached to an aromatic ring is 1. The van der Waals surface area contributed by atoms with Gasteiger partial charge in [-0.3, -0.25) is 0 Å². The molecular weight excluding hydrogens is 369 g/mol. The molecule has 0 amide bonds. The highest BCUT2D eigenvalue weighted by molar-refractivity contribution is 6.35. The van der Waals surface area contributed by atoms with Crippen LogP contribution in [0.15, 0.2) is 48.8 Å². The number of benzene rings is 2. The van der Waals surface area contributed by atoms with Gasteiger partial charge in [0.15, 0.2) is 5.52 Å². The van der Waals surface area contributed by atoms with E-state index < -0.39 is 0 Å². The summed E-state index contributed by atoms with van der Waals surface area (Å²) < 4.78 is 1.89. The largest absolute Gasteiger partial charge is 0.368 e. The van der Waals surface area contributed by atoms with Crippen molar-refractivity contribution < 1.29 is 4.57 Å². The maximum Gasteiger partial charge on any atom is 0.294 e. The monoisotopic (exact) mass is 384 g/mol. The molecule has 0 radical (unpaired) electrons. The summed E-state index contributed by atoms with van der Waals surface area (Å²) in [5.74, 6) is 1.14. The number of hydrogen-bond donors (Lipinski definition) is 2. The van der Waals surface area contributed by atoms with Gasteiger partial charge in [-0.05, 0) is 30.7 Å². The minimum absolute atomic E-state index is 0.397. The van der Waals surface area contributed by atoms with Crippen LogP contribution in [0.1, 0.15) is 11.1 Å². The molecule has 0 aliphatic carbocycles. The van der Waals surface area contributed by atoms with Crippen LogP contribution in [0.3, 0.4) is 0 Å². The molecular formula is C19H16Cl2N5+. The van der Waals surface area contributed by atoms with Gasteiger partial charge in [-0.25, -0.2) is 4.57 Å². The zero-order valence-electron chi connectivity index (χ0n) is 14.0. The molecule has 5 nitrogen and oxygen atoms in total. The van der Waals surface area contributed by atoms with Crippen molar-refractivity contribution in [2.45, 2.75) is 13.5 Å². The summed E-state index contributed by atoms with van der Waals surface area (Å²) >= 11 is 12.6. The van der Waals surface area contributed by atoms with Crippen LogP contribution in [0.2, 0.25) is 10.0 Å². The van der Waals surface area contributed by atoms with E-state index >= 15 is 0 Å². The Kier molecular flexibility index (Phi) is 4.26. The van der Waals surface area contributed by atoms with Crippen molar-refractivity contribution in [3.63, 3.8) is 0 Å².